The molecule has 5 rings (SSSR count). The molecule has 2 aliphatic heterocycles. The number of ketones is 1. The van der Waals surface area contributed by atoms with Gasteiger partial charge in [-0.05, 0) is 94.4 Å². The molecule has 8 nitrogen and oxygen atoms in total. The molecule has 3 heterocycles. The van der Waals surface area contributed by atoms with E-state index < -0.39 is 0 Å². The number of hydrogen-bond acceptors (Lipinski definition) is 6. The van der Waals surface area contributed by atoms with Gasteiger partial charge in [0.1, 0.15) is 5.78 Å². The van der Waals surface area contributed by atoms with Crippen LogP contribution in [-0.2, 0) is 9.59 Å². The minimum Gasteiger partial charge on any atom is -0.319 e. The smallest absolute Gasteiger partial charge is 0.257 e. The molecule has 1 saturated carbocycles. The standard InChI is InChI=1S/C31H40ClN5O3/c32-24-10-11-27-25(20-24)31(40)35-26-9-5-16-34-30(26)37(27)29(39)21-36-18-13-22(14-19-36)6-4-15-33-17-12-28(38)23-7-2-1-3-8-23/h5,9-11,16,20,22-23,33H,1-4,6-8,12-15,17-19,21H2,(H,35,40). The Hall–Kier alpha value is -2.81. The molecule has 40 heavy (non-hydrogen) atoms. The van der Waals surface area contributed by atoms with Crippen molar-refractivity contribution in [3.8, 4) is 0 Å². The van der Waals surface area contributed by atoms with Gasteiger partial charge in [-0.25, -0.2) is 4.98 Å². The Kier molecular flexibility index (Phi) is 9.83. The average Bonchev–Trinajstić information content (AvgIpc) is 3.09. The molecule has 1 aromatic heterocycles. The fourth-order valence-corrected chi connectivity index (χ4v) is 6.46. The molecule has 0 unspecified atom stereocenters. The second kappa shape index (κ2) is 13.7. The van der Waals surface area contributed by atoms with Crippen LogP contribution in [-0.4, -0.2) is 60.2 Å². The summed E-state index contributed by atoms with van der Waals surface area (Å²) in [5.41, 5.74) is 1.34. The summed E-state index contributed by atoms with van der Waals surface area (Å²) in [6.07, 6.45) is 12.6. The molecule has 214 valence electrons. The summed E-state index contributed by atoms with van der Waals surface area (Å²) in [7, 11) is 0. The Balaban J connectivity index is 1.08. The van der Waals surface area contributed by atoms with Gasteiger partial charge in [-0.15, -0.1) is 0 Å². The molecular formula is C31H40ClN5O3. The van der Waals surface area contributed by atoms with E-state index in [-0.39, 0.29) is 18.4 Å². The number of aromatic nitrogens is 1. The minimum absolute atomic E-state index is 0.120. The fourth-order valence-electron chi connectivity index (χ4n) is 6.29. The molecule has 0 spiro atoms. The molecule has 0 atom stereocenters. The van der Waals surface area contributed by atoms with Crippen molar-refractivity contribution in [3.63, 3.8) is 0 Å². The van der Waals surface area contributed by atoms with Gasteiger partial charge in [0.2, 0.25) is 5.91 Å². The maximum absolute atomic E-state index is 13.7. The highest BCUT2D eigenvalue weighted by atomic mass is 35.5. The van der Waals surface area contributed by atoms with Crippen molar-refractivity contribution in [1.82, 2.24) is 15.2 Å². The van der Waals surface area contributed by atoms with E-state index in [1.54, 1.807) is 41.4 Å². The van der Waals surface area contributed by atoms with Gasteiger partial charge in [-0.2, -0.15) is 0 Å². The molecule has 2 fully saturated rings. The van der Waals surface area contributed by atoms with Crippen molar-refractivity contribution in [2.75, 3.05) is 42.9 Å². The molecule has 2 N–H and O–H groups in total. The predicted molar refractivity (Wildman–Crippen MR) is 158 cm³/mol. The van der Waals surface area contributed by atoms with Crippen molar-refractivity contribution in [1.29, 1.82) is 0 Å². The number of Topliss-reactive ketones (excluding diaryl/α,β-unsaturated/α-hetero) is 1. The summed E-state index contributed by atoms with van der Waals surface area (Å²) in [5.74, 6) is 1.40. The van der Waals surface area contributed by atoms with Crippen molar-refractivity contribution in [2.45, 2.75) is 64.2 Å². The summed E-state index contributed by atoms with van der Waals surface area (Å²) < 4.78 is 0. The van der Waals surface area contributed by atoms with Crippen LogP contribution in [0, 0.1) is 11.8 Å². The zero-order valence-electron chi connectivity index (χ0n) is 23.2. The number of benzene rings is 1. The Morgan fingerprint density at radius 1 is 1.05 bits per heavy atom. The lowest BCUT2D eigenvalue weighted by molar-refractivity contribution is -0.123. The summed E-state index contributed by atoms with van der Waals surface area (Å²) in [6.45, 7) is 3.74. The van der Waals surface area contributed by atoms with Gasteiger partial charge >= 0.3 is 0 Å². The molecule has 1 aliphatic carbocycles. The van der Waals surface area contributed by atoms with Gasteiger partial charge < -0.3 is 10.6 Å². The Bertz CT molecular complexity index is 1210. The maximum Gasteiger partial charge on any atom is 0.257 e. The van der Waals surface area contributed by atoms with Crippen LogP contribution < -0.4 is 15.5 Å². The quantitative estimate of drug-likeness (QED) is 0.365. The van der Waals surface area contributed by atoms with Crippen LogP contribution in [0.25, 0.3) is 0 Å². The predicted octanol–water partition coefficient (Wildman–Crippen LogP) is 5.59. The van der Waals surface area contributed by atoms with E-state index in [0.29, 0.717) is 51.8 Å². The molecule has 9 heteroatoms. The minimum atomic E-state index is -0.312. The number of likely N-dealkylation sites (tertiary alicyclic amines) is 1. The van der Waals surface area contributed by atoms with Crippen LogP contribution in [0.15, 0.2) is 36.5 Å². The lowest BCUT2D eigenvalue weighted by atomic mass is 9.85. The van der Waals surface area contributed by atoms with Crippen molar-refractivity contribution < 1.29 is 14.4 Å². The van der Waals surface area contributed by atoms with Crippen molar-refractivity contribution in [3.05, 3.63) is 47.1 Å². The van der Waals surface area contributed by atoms with Crippen molar-refractivity contribution >= 4 is 46.4 Å². The lowest BCUT2D eigenvalue weighted by Gasteiger charge is -2.33. The third kappa shape index (κ3) is 7.09. The average molecular weight is 566 g/mol. The topological polar surface area (TPSA) is 94.6 Å². The van der Waals surface area contributed by atoms with Gasteiger partial charge in [-0.1, -0.05) is 30.9 Å². The van der Waals surface area contributed by atoms with Gasteiger partial charge in [0, 0.05) is 30.1 Å². The number of halogens is 1. The number of nitrogens with one attached hydrogen (secondary N) is 2. The number of amides is 2. The van der Waals surface area contributed by atoms with E-state index in [2.05, 4.69) is 20.5 Å². The van der Waals surface area contributed by atoms with E-state index in [4.69, 9.17) is 11.6 Å². The molecule has 0 radical (unpaired) electrons. The molecular weight excluding hydrogens is 526 g/mol. The SMILES string of the molecule is O=C1Nc2cccnc2N(C(=O)CN2CCC(CCCNCCC(=O)C3CCCCC3)CC2)c2ccc(Cl)cc21. The van der Waals surface area contributed by atoms with Crippen LogP contribution in [0.5, 0.6) is 0 Å². The Morgan fingerprint density at radius 2 is 1.85 bits per heavy atom. The van der Waals surface area contributed by atoms with Crippen molar-refractivity contribution in [2.24, 2.45) is 11.8 Å². The molecule has 0 bridgehead atoms. The monoisotopic (exact) mass is 565 g/mol. The number of hydrogen-bond donors (Lipinski definition) is 2. The van der Waals surface area contributed by atoms with Crippen LogP contribution >= 0.6 is 11.6 Å². The molecule has 2 aromatic rings. The first-order valence-corrected chi connectivity index (χ1v) is 15.2. The molecule has 1 saturated heterocycles. The van der Waals surface area contributed by atoms with E-state index in [1.807, 2.05) is 0 Å². The van der Waals surface area contributed by atoms with E-state index >= 15 is 0 Å². The first kappa shape index (κ1) is 28.7. The van der Waals surface area contributed by atoms with E-state index in [1.165, 1.54) is 19.3 Å². The Morgan fingerprint density at radius 3 is 2.65 bits per heavy atom. The summed E-state index contributed by atoms with van der Waals surface area (Å²) in [4.78, 5) is 47.1. The number of piperidine rings is 1. The highest BCUT2D eigenvalue weighted by Gasteiger charge is 2.32. The number of anilines is 3. The van der Waals surface area contributed by atoms with Gasteiger partial charge in [-0.3, -0.25) is 24.2 Å². The van der Waals surface area contributed by atoms with Crippen LogP contribution in [0.3, 0.4) is 0 Å². The largest absolute Gasteiger partial charge is 0.319 e. The third-order valence-corrected chi connectivity index (χ3v) is 8.82. The van der Waals surface area contributed by atoms with E-state index in [0.717, 1.165) is 64.7 Å². The molecule has 2 amide bonds. The zero-order chi connectivity index (χ0) is 27.9. The maximum atomic E-state index is 13.7. The van der Waals surface area contributed by atoms with Crippen LogP contribution in [0.1, 0.15) is 74.6 Å². The number of carbonyl (C=O) groups excluding carboxylic acids is 3. The molecule has 1 aromatic carbocycles. The highest BCUT2D eigenvalue weighted by molar-refractivity contribution is 6.31. The molecule has 3 aliphatic rings. The lowest BCUT2D eigenvalue weighted by Crippen LogP contribution is -2.42. The van der Waals surface area contributed by atoms with Gasteiger partial charge in [0.25, 0.3) is 5.91 Å². The summed E-state index contributed by atoms with van der Waals surface area (Å²) in [6, 6.07) is 8.49. The summed E-state index contributed by atoms with van der Waals surface area (Å²) in [5, 5.41) is 6.77. The van der Waals surface area contributed by atoms with Crippen LogP contribution in [0.2, 0.25) is 5.02 Å². The third-order valence-electron chi connectivity index (χ3n) is 8.58. The van der Waals surface area contributed by atoms with Gasteiger partial charge in [0.05, 0.1) is 23.5 Å². The second-order valence-electron chi connectivity index (χ2n) is 11.4. The number of fused-ring (bicyclic) bond motifs is 2. The van der Waals surface area contributed by atoms with E-state index in [9.17, 15) is 14.4 Å². The normalized spacial score (nSPS) is 18.5. The summed E-state index contributed by atoms with van der Waals surface area (Å²) >= 11 is 6.18. The van der Waals surface area contributed by atoms with Crippen LogP contribution in [0.4, 0.5) is 17.2 Å². The van der Waals surface area contributed by atoms with Gasteiger partial charge in [0.15, 0.2) is 5.82 Å². The first-order chi connectivity index (χ1) is 19.5. The first-order valence-electron chi connectivity index (χ1n) is 14.8. The number of pyridine rings is 1. The number of nitrogens with zero attached hydrogens (tertiary/aromatic N) is 3. The highest BCUT2D eigenvalue weighted by Crippen LogP contribution is 2.37. The Labute approximate surface area is 241 Å². The fraction of sp³-hybridized carbons (Fsp3) is 0.548. The number of carbonyl (C=O) groups is 3. The second-order valence-corrected chi connectivity index (χ2v) is 11.8. The number of rotatable bonds is 10. The zero-order valence-corrected chi connectivity index (χ0v) is 23.9.